The summed E-state index contributed by atoms with van der Waals surface area (Å²) in [5, 5.41) is 5.49. The average molecular weight is 624 g/mol. The van der Waals surface area contributed by atoms with Gasteiger partial charge in [0.05, 0.1) is 17.2 Å². The molecule has 0 aliphatic heterocycles. The third-order valence-corrected chi connectivity index (χ3v) is 9.32. The van der Waals surface area contributed by atoms with E-state index in [1.54, 1.807) is 36.4 Å². The van der Waals surface area contributed by atoms with Crippen molar-refractivity contribution < 1.29 is 22.7 Å². The van der Waals surface area contributed by atoms with Gasteiger partial charge in [-0.2, -0.15) is 0 Å². The minimum Gasteiger partial charge on any atom is -0.493 e. The van der Waals surface area contributed by atoms with E-state index < -0.39 is 16.1 Å². The molecule has 3 amide bonds. The van der Waals surface area contributed by atoms with Gasteiger partial charge in [-0.15, -0.1) is 0 Å². The lowest BCUT2D eigenvalue weighted by atomic mass is 9.76. The number of ether oxygens (including phenoxy) is 1. The van der Waals surface area contributed by atoms with Crippen LogP contribution in [0.1, 0.15) is 71.9 Å². The maximum atomic E-state index is 12.9. The fourth-order valence-corrected chi connectivity index (χ4v) is 5.43. The Balaban J connectivity index is 1.53. The Kier molecular flexibility index (Phi) is 11.6. The molecule has 11 heteroatoms. The van der Waals surface area contributed by atoms with Gasteiger partial charge >= 0.3 is 6.03 Å². The molecular formula is C33H45N5O5S. The zero-order valence-corrected chi connectivity index (χ0v) is 27.2. The lowest BCUT2D eigenvalue weighted by Gasteiger charge is -2.30. The molecule has 44 heavy (non-hydrogen) atoms. The van der Waals surface area contributed by atoms with Gasteiger partial charge < -0.3 is 15.4 Å². The van der Waals surface area contributed by atoms with E-state index in [1.165, 1.54) is 23.3 Å². The minimum atomic E-state index is -3.91. The van der Waals surface area contributed by atoms with Crippen molar-refractivity contribution in [2.24, 2.45) is 0 Å². The molecule has 5 N–H and O–H groups in total. The number of urea groups is 1. The number of nitrogens with one attached hydrogen (secondary N) is 5. The number of rotatable bonds is 16. The molecule has 3 aromatic carbocycles. The van der Waals surface area contributed by atoms with Gasteiger partial charge in [-0.25, -0.2) is 13.2 Å². The van der Waals surface area contributed by atoms with Crippen molar-refractivity contribution in [3.05, 3.63) is 77.9 Å². The van der Waals surface area contributed by atoms with Crippen LogP contribution in [0.15, 0.2) is 71.6 Å². The van der Waals surface area contributed by atoms with Crippen LogP contribution in [0.5, 0.6) is 5.75 Å². The molecule has 0 atom stereocenters. The van der Waals surface area contributed by atoms with Crippen LogP contribution in [-0.4, -0.2) is 34.0 Å². The minimum absolute atomic E-state index is 0.00678. The number of amides is 3. The Labute approximate surface area is 261 Å². The van der Waals surface area contributed by atoms with Crippen molar-refractivity contribution in [3.63, 3.8) is 0 Å². The van der Waals surface area contributed by atoms with Crippen molar-refractivity contribution >= 4 is 39.5 Å². The van der Waals surface area contributed by atoms with Gasteiger partial charge in [0, 0.05) is 23.5 Å². The maximum Gasteiger partial charge on any atom is 0.319 e. The third-order valence-electron chi connectivity index (χ3n) is 7.94. The second-order valence-electron chi connectivity index (χ2n) is 11.9. The van der Waals surface area contributed by atoms with E-state index in [0.717, 1.165) is 18.6 Å². The first-order valence-electron chi connectivity index (χ1n) is 14.8. The highest BCUT2D eigenvalue weighted by molar-refractivity contribution is 7.92. The highest BCUT2D eigenvalue weighted by Crippen LogP contribution is 2.38. The fraction of sp³-hybridized carbons (Fsp3) is 0.394. The molecule has 0 bridgehead atoms. The predicted molar refractivity (Wildman–Crippen MR) is 177 cm³/mol. The molecule has 238 valence electrons. The van der Waals surface area contributed by atoms with E-state index in [2.05, 4.69) is 85.9 Å². The number of hydrogen-bond donors (Lipinski definition) is 5. The van der Waals surface area contributed by atoms with Gasteiger partial charge in [-0.3, -0.25) is 20.4 Å². The van der Waals surface area contributed by atoms with E-state index in [9.17, 15) is 18.0 Å². The van der Waals surface area contributed by atoms with Crippen LogP contribution < -0.4 is 30.9 Å². The zero-order valence-electron chi connectivity index (χ0n) is 26.4. The smallest absolute Gasteiger partial charge is 0.319 e. The summed E-state index contributed by atoms with van der Waals surface area (Å²) in [5.74, 6) is 0.867. The van der Waals surface area contributed by atoms with Crippen LogP contribution >= 0.6 is 0 Å². The number of hydrazine groups is 1. The molecule has 3 aromatic rings. The van der Waals surface area contributed by atoms with Crippen LogP contribution in [0.4, 0.5) is 21.9 Å². The number of hydrogen-bond acceptors (Lipinski definition) is 6. The zero-order chi connectivity index (χ0) is 32.4. The number of carbonyl (C=O) groups excluding carboxylic acids is 2. The lowest BCUT2D eigenvalue weighted by molar-refractivity contribution is -0.109. The number of benzene rings is 3. The van der Waals surface area contributed by atoms with E-state index >= 15 is 0 Å². The van der Waals surface area contributed by atoms with Gasteiger partial charge in [-0.05, 0) is 84.2 Å². The first-order chi connectivity index (χ1) is 20.8. The molecule has 0 fully saturated rings. The van der Waals surface area contributed by atoms with Gasteiger partial charge in [-0.1, -0.05) is 59.7 Å². The predicted octanol–water partition coefficient (Wildman–Crippen LogP) is 6.53. The van der Waals surface area contributed by atoms with Crippen LogP contribution in [0, 0.1) is 0 Å². The second-order valence-corrected chi connectivity index (χ2v) is 13.5. The summed E-state index contributed by atoms with van der Waals surface area (Å²) in [4.78, 5) is 22.9. The van der Waals surface area contributed by atoms with Crippen molar-refractivity contribution in [1.82, 2.24) is 10.7 Å². The molecule has 0 saturated heterocycles. The van der Waals surface area contributed by atoms with Gasteiger partial charge in [0.15, 0.2) is 0 Å². The molecule has 0 saturated carbocycles. The largest absolute Gasteiger partial charge is 0.493 e. The molecule has 0 heterocycles. The second kappa shape index (κ2) is 15.0. The molecular weight excluding hydrogens is 578 g/mol. The fourth-order valence-electron chi connectivity index (χ4n) is 4.32. The third kappa shape index (κ3) is 9.37. The highest BCUT2D eigenvalue weighted by atomic mass is 32.2. The first-order valence-corrected chi connectivity index (χ1v) is 16.3. The highest BCUT2D eigenvalue weighted by Gasteiger charge is 2.26. The molecule has 0 unspecified atom stereocenters. The van der Waals surface area contributed by atoms with Crippen molar-refractivity contribution in [2.45, 2.75) is 76.5 Å². The number of sulfonamides is 1. The number of carbonyl (C=O) groups is 2. The lowest BCUT2D eigenvalue weighted by Crippen LogP contribution is -2.30. The Bertz CT molecular complexity index is 1520. The normalized spacial score (nSPS) is 11.8. The van der Waals surface area contributed by atoms with E-state index in [0.29, 0.717) is 43.0 Å². The molecule has 0 aromatic heterocycles. The molecule has 0 aliphatic rings. The quantitative estimate of drug-likeness (QED) is 0.0699. The van der Waals surface area contributed by atoms with Crippen LogP contribution in [-0.2, 0) is 25.6 Å². The summed E-state index contributed by atoms with van der Waals surface area (Å²) in [5.41, 5.74) is 8.73. The summed E-state index contributed by atoms with van der Waals surface area (Å²) < 4.78 is 34.5. The molecule has 0 aliphatic carbocycles. The van der Waals surface area contributed by atoms with E-state index in [-0.39, 0.29) is 15.7 Å². The average Bonchev–Trinajstić information content (AvgIpc) is 3.00. The van der Waals surface area contributed by atoms with Crippen molar-refractivity contribution in [1.29, 1.82) is 0 Å². The Morgan fingerprint density at radius 2 is 1.55 bits per heavy atom. The molecule has 10 nitrogen and oxygen atoms in total. The topological polar surface area (TPSA) is 138 Å². The van der Waals surface area contributed by atoms with Gasteiger partial charge in [0.25, 0.3) is 10.0 Å². The SMILES string of the molecule is CCC(C)(C)c1ccc(OCCCNC(=O)Nc2cccc(S(=O)(=O)Nc3ccc(NNC=O)cc3)c2)c(C(C)(C)CC)c1. The monoisotopic (exact) mass is 623 g/mol. The van der Waals surface area contributed by atoms with Crippen LogP contribution in [0.3, 0.4) is 0 Å². The number of anilines is 3. The van der Waals surface area contributed by atoms with Crippen molar-refractivity contribution in [2.75, 3.05) is 28.6 Å². The van der Waals surface area contributed by atoms with E-state index in [4.69, 9.17) is 4.74 Å². The summed E-state index contributed by atoms with van der Waals surface area (Å²) in [6.45, 7) is 14.2. The van der Waals surface area contributed by atoms with Gasteiger partial charge in [0.1, 0.15) is 5.75 Å². The maximum absolute atomic E-state index is 12.9. The molecule has 0 radical (unpaired) electrons. The summed E-state index contributed by atoms with van der Waals surface area (Å²) in [7, 11) is -3.91. The Morgan fingerprint density at radius 1 is 0.864 bits per heavy atom. The summed E-state index contributed by atoms with van der Waals surface area (Å²) in [6.07, 6.45) is 3.11. The van der Waals surface area contributed by atoms with Gasteiger partial charge in [0.2, 0.25) is 6.41 Å². The summed E-state index contributed by atoms with van der Waals surface area (Å²) in [6, 6.07) is 18.4. The Hall–Kier alpha value is -4.25. The molecule has 0 spiro atoms. The van der Waals surface area contributed by atoms with Crippen molar-refractivity contribution in [3.8, 4) is 5.75 Å². The van der Waals surface area contributed by atoms with E-state index in [1.807, 2.05) is 0 Å². The van der Waals surface area contributed by atoms with Crippen LogP contribution in [0.2, 0.25) is 0 Å². The van der Waals surface area contributed by atoms with Crippen LogP contribution in [0.25, 0.3) is 0 Å². The molecule has 3 rings (SSSR count). The standard InChI is InChI=1S/C33H45N5O5S/c1-7-32(3,4)24-13-18-30(29(21-24)33(5,6)8-2)43-20-10-19-34-31(40)36-27-11-9-12-28(22-27)44(41,42)38-26-16-14-25(15-17-26)37-35-23-39/h9,11-18,21-23,37-38H,7-8,10,19-20H2,1-6H3,(H,35,39)(H2,34,36,40). The Morgan fingerprint density at radius 3 is 2.20 bits per heavy atom. The summed E-state index contributed by atoms with van der Waals surface area (Å²) >= 11 is 0. The first kappa shape index (κ1) is 34.2.